The van der Waals surface area contributed by atoms with Gasteiger partial charge in [-0.25, -0.2) is 0 Å². The van der Waals surface area contributed by atoms with Gasteiger partial charge in [-0.15, -0.1) is 22.7 Å². The molecule has 80 valence electrons. The molecule has 0 saturated carbocycles. The largest absolute Gasteiger partial charge is 0.496 e. The van der Waals surface area contributed by atoms with Gasteiger partial charge in [0.1, 0.15) is 5.75 Å². The van der Waals surface area contributed by atoms with Crippen LogP contribution in [0, 0.1) is 0 Å². The Labute approximate surface area is 113 Å². The van der Waals surface area contributed by atoms with Crippen LogP contribution in [0.4, 0.5) is 0 Å². The SMILES string of the molecule is COc1csc(C(Br)c2ccc(Br)s2)c1. The van der Waals surface area contributed by atoms with Crippen molar-refractivity contribution in [1.29, 1.82) is 0 Å². The van der Waals surface area contributed by atoms with E-state index < -0.39 is 0 Å². The minimum Gasteiger partial charge on any atom is -0.496 e. The van der Waals surface area contributed by atoms with Crippen molar-refractivity contribution in [3.05, 3.63) is 37.1 Å². The van der Waals surface area contributed by atoms with Crippen LogP contribution < -0.4 is 4.74 Å². The first-order chi connectivity index (χ1) is 7.20. The van der Waals surface area contributed by atoms with Crippen molar-refractivity contribution in [2.75, 3.05) is 7.11 Å². The second kappa shape index (κ2) is 4.99. The number of rotatable bonds is 3. The Balaban J connectivity index is 2.23. The summed E-state index contributed by atoms with van der Waals surface area (Å²) in [5, 5.41) is 2.02. The Hall–Kier alpha value is 0.160. The summed E-state index contributed by atoms with van der Waals surface area (Å²) in [4.78, 5) is 2.83. The number of ether oxygens (including phenoxy) is 1. The summed E-state index contributed by atoms with van der Waals surface area (Å²) in [6.45, 7) is 0. The molecule has 1 nitrogen and oxygen atoms in total. The molecule has 1 unspecified atom stereocenters. The fraction of sp³-hybridized carbons (Fsp3) is 0.200. The molecule has 0 fully saturated rings. The molecular formula is C10H8Br2OS2. The molecule has 15 heavy (non-hydrogen) atoms. The Bertz CT molecular complexity index is 450. The summed E-state index contributed by atoms with van der Waals surface area (Å²) >= 11 is 10.6. The summed E-state index contributed by atoms with van der Waals surface area (Å²) in [6, 6.07) is 6.26. The first-order valence-corrected chi connectivity index (χ1v) is 7.63. The summed E-state index contributed by atoms with van der Waals surface area (Å²) in [6.07, 6.45) is 0. The summed E-state index contributed by atoms with van der Waals surface area (Å²) in [7, 11) is 1.69. The Kier molecular flexibility index (Phi) is 3.88. The molecule has 5 heteroatoms. The average Bonchev–Trinajstić information content (AvgIpc) is 2.84. The van der Waals surface area contributed by atoms with Crippen LogP contribution in [0.25, 0.3) is 0 Å². The van der Waals surface area contributed by atoms with Crippen LogP contribution in [0.3, 0.4) is 0 Å². The average molecular weight is 368 g/mol. The molecular weight excluding hydrogens is 360 g/mol. The van der Waals surface area contributed by atoms with E-state index in [1.54, 1.807) is 29.8 Å². The van der Waals surface area contributed by atoms with Gasteiger partial charge >= 0.3 is 0 Å². The first-order valence-electron chi connectivity index (χ1n) is 4.22. The van der Waals surface area contributed by atoms with E-state index in [1.807, 2.05) is 5.38 Å². The fourth-order valence-corrected chi connectivity index (χ4v) is 4.41. The van der Waals surface area contributed by atoms with E-state index in [4.69, 9.17) is 4.74 Å². The van der Waals surface area contributed by atoms with Gasteiger partial charge < -0.3 is 4.74 Å². The highest BCUT2D eigenvalue weighted by Gasteiger charge is 2.14. The minimum absolute atomic E-state index is 0.266. The molecule has 0 aliphatic rings. The molecule has 0 bridgehead atoms. The molecule has 0 amide bonds. The molecule has 0 N–H and O–H groups in total. The van der Waals surface area contributed by atoms with Crippen molar-refractivity contribution in [3.63, 3.8) is 0 Å². The maximum absolute atomic E-state index is 5.17. The second-order valence-electron chi connectivity index (χ2n) is 2.89. The molecule has 0 saturated heterocycles. The van der Waals surface area contributed by atoms with Gasteiger partial charge in [0.05, 0.1) is 15.7 Å². The lowest BCUT2D eigenvalue weighted by molar-refractivity contribution is 0.416. The third-order valence-electron chi connectivity index (χ3n) is 1.92. The lowest BCUT2D eigenvalue weighted by Gasteiger charge is -2.03. The molecule has 2 aromatic rings. The molecule has 0 aliphatic carbocycles. The van der Waals surface area contributed by atoms with Crippen molar-refractivity contribution >= 4 is 54.5 Å². The summed E-state index contributed by atoms with van der Waals surface area (Å²) in [5.74, 6) is 0.926. The Morgan fingerprint density at radius 3 is 2.67 bits per heavy atom. The van der Waals surface area contributed by atoms with Crippen LogP contribution in [-0.2, 0) is 0 Å². The molecule has 2 aromatic heterocycles. The zero-order valence-corrected chi connectivity index (χ0v) is 12.7. The molecule has 0 aromatic carbocycles. The standard InChI is InChI=1S/C10H8Br2OS2/c1-13-6-4-8(14-5-6)10(12)7-2-3-9(11)15-7/h2-5,10H,1H3. The normalized spacial score (nSPS) is 12.7. The van der Waals surface area contributed by atoms with E-state index in [0.29, 0.717) is 0 Å². The van der Waals surface area contributed by atoms with Gasteiger partial charge in [-0.3, -0.25) is 0 Å². The third kappa shape index (κ3) is 2.64. The van der Waals surface area contributed by atoms with Gasteiger partial charge in [-0.05, 0) is 34.1 Å². The highest BCUT2D eigenvalue weighted by molar-refractivity contribution is 9.11. The van der Waals surface area contributed by atoms with Crippen LogP contribution in [0.1, 0.15) is 14.6 Å². The van der Waals surface area contributed by atoms with Gasteiger partial charge in [0.2, 0.25) is 0 Å². The first kappa shape index (κ1) is 11.6. The monoisotopic (exact) mass is 366 g/mol. The Morgan fingerprint density at radius 2 is 2.13 bits per heavy atom. The van der Waals surface area contributed by atoms with Crippen molar-refractivity contribution in [1.82, 2.24) is 0 Å². The van der Waals surface area contributed by atoms with Crippen molar-refractivity contribution in [2.45, 2.75) is 4.83 Å². The van der Waals surface area contributed by atoms with Crippen LogP contribution in [0.15, 0.2) is 27.4 Å². The van der Waals surface area contributed by atoms with E-state index in [1.165, 1.54) is 9.75 Å². The number of methoxy groups -OCH3 is 1. The van der Waals surface area contributed by atoms with Crippen LogP contribution in [0.5, 0.6) is 5.75 Å². The van der Waals surface area contributed by atoms with E-state index in [-0.39, 0.29) is 4.83 Å². The minimum atomic E-state index is 0.266. The highest BCUT2D eigenvalue weighted by atomic mass is 79.9. The van der Waals surface area contributed by atoms with Crippen molar-refractivity contribution in [3.8, 4) is 5.75 Å². The number of hydrogen-bond acceptors (Lipinski definition) is 3. The smallest absolute Gasteiger partial charge is 0.129 e. The lowest BCUT2D eigenvalue weighted by atomic mass is 10.3. The zero-order valence-electron chi connectivity index (χ0n) is 7.87. The number of halogens is 2. The van der Waals surface area contributed by atoms with E-state index in [2.05, 4.69) is 50.1 Å². The highest BCUT2D eigenvalue weighted by Crippen LogP contribution is 2.40. The number of hydrogen-bond donors (Lipinski definition) is 0. The quantitative estimate of drug-likeness (QED) is 0.688. The molecule has 0 aliphatic heterocycles. The van der Waals surface area contributed by atoms with Crippen LogP contribution >= 0.6 is 54.5 Å². The van der Waals surface area contributed by atoms with Crippen molar-refractivity contribution < 1.29 is 4.74 Å². The van der Waals surface area contributed by atoms with Crippen molar-refractivity contribution in [2.24, 2.45) is 0 Å². The van der Waals surface area contributed by atoms with Gasteiger partial charge in [-0.2, -0.15) is 0 Å². The fourth-order valence-electron chi connectivity index (χ4n) is 1.18. The summed E-state index contributed by atoms with van der Waals surface area (Å²) < 4.78 is 6.33. The maximum atomic E-state index is 5.17. The molecule has 1 atom stereocenters. The van der Waals surface area contributed by atoms with Gasteiger partial charge in [0.25, 0.3) is 0 Å². The zero-order chi connectivity index (χ0) is 10.8. The predicted octanol–water partition coefficient (Wildman–Crippen LogP) is 5.07. The third-order valence-corrected chi connectivity index (χ3v) is 6.18. The van der Waals surface area contributed by atoms with Gasteiger partial charge in [-0.1, -0.05) is 15.9 Å². The Morgan fingerprint density at radius 1 is 1.33 bits per heavy atom. The molecule has 0 radical (unpaired) electrons. The van der Waals surface area contributed by atoms with E-state index in [0.717, 1.165) is 9.54 Å². The number of alkyl halides is 1. The molecule has 2 heterocycles. The predicted molar refractivity (Wildman–Crippen MR) is 73.7 cm³/mol. The number of thiophene rings is 2. The van der Waals surface area contributed by atoms with Crippen LogP contribution in [0.2, 0.25) is 0 Å². The second-order valence-corrected chi connectivity index (χ2v) is 7.25. The molecule has 0 spiro atoms. The van der Waals surface area contributed by atoms with E-state index >= 15 is 0 Å². The van der Waals surface area contributed by atoms with Gasteiger partial charge in [0, 0.05) is 15.1 Å². The topological polar surface area (TPSA) is 9.23 Å². The lowest BCUT2D eigenvalue weighted by Crippen LogP contribution is -1.84. The van der Waals surface area contributed by atoms with Crippen LogP contribution in [-0.4, -0.2) is 7.11 Å². The van der Waals surface area contributed by atoms with Gasteiger partial charge in [0.15, 0.2) is 0 Å². The molecule has 2 rings (SSSR count). The van der Waals surface area contributed by atoms with E-state index in [9.17, 15) is 0 Å². The maximum Gasteiger partial charge on any atom is 0.129 e. The summed E-state index contributed by atoms with van der Waals surface area (Å²) in [5.41, 5.74) is 0.